The fourth-order valence-corrected chi connectivity index (χ4v) is 2.93. The Morgan fingerprint density at radius 3 is 2.65 bits per heavy atom. The molecule has 1 fully saturated rings. The average Bonchev–Trinajstić information content (AvgIpc) is 2.83. The van der Waals surface area contributed by atoms with Crippen LogP contribution in [0.3, 0.4) is 0 Å². The van der Waals surface area contributed by atoms with Gasteiger partial charge >= 0.3 is 5.97 Å². The Balaban J connectivity index is 1.97. The second kappa shape index (κ2) is 6.07. The number of aliphatic carboxylic acids is 1. The molecule has 2 rings (SSSR count). The van der Waals surface area contributed by atoms with E-state index >= 15 is 0 Å². The number of carboxylic acids is 1. The Morgan fingerprint density at radius 2 is 2.10 bits per heavy atom. The maximum atomic E-state index is 12.0. The highest BCUT2D eigenvalue weighted by Gasteiger charge is 2.34. The number of carbonyl (C=O) groups is 2. The van der Waals surface area contributed by atoms with Crippen LogP contribution in [0.15, 0.2) is 6.07 Å². The highest BCUT2D eigenvalue weighted by Crippen LogP contribution is 2.38. The zero-order valence-corrected chi connectivity index (χ0v) is 11.7. The molecule has 0 saturated heterocycles. The Hall–Kier alpha value is -1.85. The second-order valence-corrected chi connectivity index (χ2v) is 5.75. The van der Waals surface area contributed by atoms with E-state index in [0.717, 1.165) is 37.8 Å². The van der Waals surface area contributed by atoms with Crippen molar-refractivity contribution < 1.29 is 14.7 Å². The Labute approximate surface area is 118 Å². The van der Waals surface area contributed by atoms with E-state index < -0.39 is 5.97 Å². The topological polar surface area (TPSA) is 95.1 Å². The van der Waals surface area contributed by atoms with E-state index in [-0.39, 0.29) is 17.7 Å². The fourth-order valence-electron chi connectivity index (χ4n) is 2.93. The van der Waals surface area contributed by atoms with Gasteiger partial charge in [-0.25, -0.2) is 0 Å². The summed E-state index contributed by atoms with van der Waals surface area (Å²) in [6, 6.07) is 1.68. The second-order valence-electron chi connectivity index (χ2n) is 5.75. The summed E-state index contributed by atoms with van der Waals surface area (Å²) in [6.07, 6.45) is 5.05. The molecule has 6 heteroatoms. The van der Waals surface area contributed by atoms with Gasteiger partial charge in [0.05, 0.1) is 6.42 Å². The number of carboxylic acid groups (broad SMARTS) is 1. The van der Waals surface area contributed by atoms with E-state index in [1.165, 1.54) is 0 Å². The summed E-state index contributed by atoms with van der Waals surface area (Å²) in [7, 11) is 0. The lowest BCUT2D eigenvalue weighted by Gasteiger charge is -2.36. The van der Waals surface area contributed by atoms with Gasteiger partial charge in [0.25, 0.3) is 5.91 Å². The summed E-state index contributed by atoms with van der Waals surface area (Å²) in [6.45, 7) is 2.24. The first kappa shape index (κ1) is 14.6. The predicted octanol–water partition coefficient (Wildman–Crippen LogP) is 1.87. The zero-order chi connectivity index (χ0) is 14.6. The normalized spacial score (nSPS) is 17.6. The Bertz CT molecular complexity index is 490. The number of nitrogens with one attached hydrogen (secondary N) is 2. The van der Waals surface area contributed by atoms with Gasteiger partial charge in [0.2, 0.25) is 0 Å². The van der Waals surface area contributed by atoms with Crippen LogP contribution in [0.25, 0.3) is 0 Å². The molecule has 0 atom stereocenters. The number of aromatic amines is 1. The van der Waals surface area contributed by atoms with Gasteiger partial charge in [-0.1, -0.05) is 19.3 Å². The monoisotopic (exact) mass is 279 g/mol. The van der Waals surface area contributed by atoms with Gasteiger partial charge in [0.1, 0.15) is 5.69 Å². The number of hydrogen-bond donors (Lipinski definition) is 3. The number of hydrogen-bond acceptors (Lipinski definition) is 3. The van der Waals surface area contributed by atoms with E-state index in [1.54, 1.807) is 6.07 Å². The largest absolute Gasteiger partial charge is 0.481 e. The third-order valence-corrected chi connectivity index (χ3v) is 4.00. The van der Waals surface area contributed by atoms with Gasteiger partial charge in [-0.15, -0.1) is 0 Å². The molecule has 1 saturated carbocycles. The van der Waals surface area contributed by atoms with Crippen LogP contribution in [-0.2, 0) is 4.79 Å². The van der Waals surface area contributed by atoms with Crippen molar-refractivity contribution in [1.82, 2.24) is 15.5 Å². The summed E-state index contributed by atoms with van der Waals surface area (Å²) in [5.41, 5.74) is 0.877. The number of nitrogens with zero attached hydrogens (tertiary/aromatic N) is 1. The van der Waals surface area contributed by atoms with E-state index in [0.29, 0.717) is 12.2 Å². The molecule has 1 aliphatic carbocycles. The quantitative estimate of drug-likeness (QED) is 0.766. The lowest BCUT2D eigenvalue weighted by Crippen LogP contribution is -2.40. The molecule has 0 aromatic carbocycles. The van der Waals surface area contributed by atoms with E-state index in [9.17, 15) is 9.59 Å². The predicted molar refractivity (Wildman–Crippen MR) is 73.4 cm³/mol. The van der Waals surface area contributed by atoms with E-state index in [2.05, 4.69) is 15.5 Å². The first-order chi connectivity index (χ1) is 9.51. The third-order valence-electron chi connectivity index (χ3n) is 4.00. The average molecular weight is 279 g/mol. The number of aromatic nitrogens is 2. The molecule has 1 aliphatic rings. The number of H-pyrrole nitrogens is 1. The minimum absolute atomic E-state index is 0.118. The molecule has 1 aromatic heterocycles. The van der Waals surface area contributed by atoms with Crippen LogP contribution in [0.4, 0.5) is 0 Å². The summed E-state index contributed by atoms with van der Waals surface area (Å²) >= 11 is 0. The summed E-state index contributed by atoms with van der Waals surface area (Å²) in [5.74, 6) is -1.04. The molecule has 1 aromatic rings. The van der Waals surface area contributed by atoms with Crippen LogP contribution in [0.1, 0.15) is 54.7 Å². The lowest BCUT2D eigenvalue weighted by atomic mass is 9.71. The molecule has 1 amide bonds. The molecular weight excluding hydrogens is 258 g/mol. The molecule has 0 aliphatic heterocycles. The molecular formula is C14H21N3O3. The molecule has 0 unspecified atom stereocenters. The summed E-state index contributed by atoms with van der Waals surface area (Å²) < 4.78 is 0. The fraction of sp³-hybridized carbons (Fsp3) is 0.643. The SMILES string of the molecule is Cc1cc(C(=O)NCC2(CC(=O)O)CCCCC2)n[nH]1. The van der Waals surface area contributed by atoms with E-state index in [4.69, 9.17) is 5.11 Å². The van der Waals surface area contributed by atoms with E-state index in [1.807, 2.05) is 6.92 Å². The van der Waals surface area contributed by atoms with Crippen molar-refractivity contribution in [2.24, 2.45) is 5.41 Å². The van der Waals surface area contributed by atoms with Gasteiger partial charge in [0, 0.05) is 12.2 Å². The van der Waals surface area contributed by atoms with Crippen molar-refractivity contribution >= 4 is 11.9 Å². The smallest absolute Gasteiger partial charge is 0.303 e. The van der Waals surface area contributed by atoms with Crippen LogP contribution in [0.2, 0.25) is 0 Å². The lowest BCUT2D eigenvalue weighted by molar-refractivity contribution is -0.140. The molecule has 0 spiro atoms. The third kappa shape index (κ3) is 3.59. The van der Waals surface area contributed by atoms with Crippen molar-refractivity contribution in [3.05, 3.63) is 17.5 Å². The van der Waals surface area contributed by atoms with Crippen molar-refractivity contribution in [3.63, 3.8) is 0 Å². The number of carbonyl (C=O) groups excluding carboxylic acids is 1. The number of aryl methyl sites for hydroxylation is 1. The van der Waals surface area contributed by atoms with Gasteiger partial charge < -0.3 is 10.4 Å². The highest BCUT2D eigenvalue weighted by atomic mass is 16.4. The first-order valence-corrected chi connectivity index (χ1v) is 7.03. The minimum Gasteiger partial charge on any atom is -0.481 e. The minimum atomic E-state index is -0.795. The highest BCUT2D eigenvalue weighted by molar-refractivity contribution is 5.92. The van der Waals surface area contributed by atoms with Crippen LogP contribution >= 0.6 is 0 Å². The molecule has 20 heavy (non-hydrogen) atoms. The number of amides is 1. The molecule has 3 N–H and O–H groups in total. The summed E-state index contributed by atoms with van der Waals surface area (Å²) in [5, 5.41) is 18.6. The van der Waals surface area contributed by atoms with Crippen molar-refractivity contribution in [3.8, 4) is 0 Å². The molecule has 6 nitrogen and oxygen atoms in total. The maximum Gasteiger partial charge on any atom is 0.303 e. The van der Waals surface area contributed by atoms with Gasteiger partial charge in [-0.2, -0.15) is 5.10 Å². The molecule has 0 radical (unpaired) electrons. The standard InChI is InChI=1S/C14H21N3O3/c1-10-7-11(17-16-10)13(20)15-9-14(8-12(18)19)5-3-2-4-6-14/h7H,2-6,8-9H2,1H3,(H,15,20)(H,16,17)(H,18,19). The van der Waals surface area contributed by atoms with Crippen LogP contribution < -0.4 is 5.32 Å². The van der Waals surface area contributed by atoms with Gasteiger partial charge in [-0.05, 0) is 31.2 Å². The van der Waals surface area contributed by atoms with Gasteiger partial charge in [-0.3, -0.25) is 14.7 Å². The first-order valence-electron chi connectivity index (χ1n) is 7.03. The molecule has 1 heterocycles. The Morgan fingerprint density at radius 1 is 1.40 bits per heavy atom. The van der Waals surface area contributed by atoms with Gasteiger partial charge in [0.15, 0.2) is 0 Å². The van der Waals surface area contributed by atoms with Crippen molar-refractivity contribution in [1.29, 1.82) is 0 Å². The van der Waals surface area contributed by atoms with Crippen LogP contribution in [0.5, 0.6) is 0 Å². The van der Waals surface area contributed by atoms with Crippen LogP contribution in [0, 0.1) is 12.3 Å². The Kier molecular flexibility index (Phi) is 4.42. The summed E-state index contributed by atoms with van der Waals surface area (Å²) in [4.78, 5) is 23.0. The maximum absolute atomic E-state index is 12.0. The number of rotatable bonds is 5. The van der Waals surface area contributed by atoms with Crippen molar-refractivity contribution in [2.75, 3.05) is 6.54 Å². The molecule has 110 valence electrons. The zero-order valence-electron chi connectivity index (χ0n) is 11.7. The van der Waals surface area contributed by atoms with Crippen molar-refractivity contribution in [2.45, 2.75) is 45.4 Å². The molecule has 0 bridgehead atoms. The van der Waals surface area contributed by atoms with Crippen LogP contribution in [-0.4, -0.2) is 33.7 Å².